The van der Waals surface area contributed by atoms with Gasteiger partial charge in [0.05, 0.1) is 11.6 Å². The standard InChI is InChI=1S/C22H14BrClFNO/c23-19-8-9-22(27-14-16-4-1-2-7-21(16)24)17(11-19)10-18(13-26)15-5-3-6-20(25)12-15/h1-12H,14H2/b18-10-. The summed E-state index contributed by atoms with van der Waals surface area (Å²) in [5, 5.41) is 10.2. The van der Waals surface area contributed by atoms with Crippen LogP contribution in [0.15, 0.2) is 71.2 Å². The van der Waals surface area contributed by atoms with Gasteiger partial charge in [-0.1, -0.05) is 57.9 Å². The Kier molecular flexibility index (Phi) is 6.28. The van der Waals surface area contributed by atoms with E-state index in [1.807, 2.05) is 36.4 Å². The van der Waals surface area contributed by atoms with Gasteiger partial charge in [-0.05, 0) is 48.0 Å². The first-order chi connectivity index (χ1) is 13.1. The number of nitriles is 1. The number of rotatable bonds is 5. The Bertz CT molecular complexity index is 1040. The van der Waals surface area contributed by atoms with Crippen LogP contribution in [0.1, 0.15) is 16.7 Å². The van der Waals surface area contributed by atoms with Crippen LogP contribution in [0.3, 0.4) is 0 Å². The highest BCUT2D eigenvalue weighted by molar-refractivity contribution is 9.10. The van der Waals surface area contributed by atoms with E-state index in [1.54, 1.807) is 24.3 Å². The zero-order valence-electron chi connectivity index (χ0n) is 14.1. The molecular weight excluding hydrogens is 429 g/mol. The second-order valence-corrected chi connectivity index (χ2v) is 7.07. The second kappa shape index (κ2) is 8.85. The summed E-state index contributed by atoms with van der Waals surface area (Å²) in [5.74, 6) is 0.209. The summed E-state index contributed by atoms with van der Waals surface area (Å²) in [7, 11) is 0. The van der Waals surface area contributed by atoms with Crippen molar-refractivity contribution in [3.63, 3.8) is 0 Å². The van der Waals surface area contributed by atoms with Crippen LogP contribution >= 0.6 is 27.5 Å². The molecule has 0 aliphatic heterocycles. The number of halogens is 3. The van der Waals surface area contributed by atoms with Gasteiger partial charge in [0.15, 0.2) is 0 Å². The van der Waals surface area contributed by atoms with E-state index in [2.05, 4.69) is 22.0 Å². The topological polar surface area (TPSA) is 33.0 Å². The fourth-order valence-corrected chi connectivity index (χ4v) is 3.10. The van der Waals surface area contributed by atoms with Gasteiger partial charge in [-0.3, -0.25) is 0 Å². The molecule has 27 heavy (non-hydrogen) atoms. The molecule has 3 rings (SSSR count). The lowest BCUT2D eigenvalue weighted by atomic mass is 10.0. The van der Waals surface area contributed by atoms with E-state index < -0.39 is 5.82 Å². The third-order valence-corrected chi connectivity index (χ3v) is 4.73. The van der Waals surface area contributed by atoms with Gasteiger partial charge in [-0.15, -0.1) is 0 Å². The van der Waals surface area contributed by atoms with E-state index in [4.69, 9.17) is 16.3 Å². The van der Waals surface area contributed by atoms with Crippen molar-refractivity contribution in [3.8, 4) is 11.8 Å². The van der Waals surface area contributed by atoms with Crippen LogP contribution in [0.4, 0.5) is 4.39 Å². The van der Waals surface area contributed by atoms with Gasteiger partial charge in [-0.25, -0.2) is 4.39 Å². The second-order valence-electron chi connectivity index (χ2n) is 5.74. The number of allylic oxidation sites excluding steroid dienone is 1. The highest BCUT2D eigenvalue weighted by atomic mass is 79.9. The van der Waals surface area contributed by atoms with Crippen molar-refractivity contribution in [2.45, 2.75) is 6.61 Å². The number of nitrogens with zero attached hydrogens (tertiary/aromatic N) is 1. The van der Waals surface area contributed by atoms with Crippen molar-refractivity contribution in [2.75, 3.05) is 0 Å². The maximum atomic E-state index is 13.5. The van der Waals surface area contributed by atoms with Gasteiger partial charge in [0.1, 0.15) is 18.2 Å². The number of hydrogen-bond donors (Lipinski definition) is 0. The molecule has 0 radical (unpaired) electrons. The quantitative estimate of drug-likeness (QED) is 0.318. The molecule has 0 fully saturated rings. The van der Waals surface area contributed by atoms with Crippen LogP contribution in [0.2, 0.25) is 5.02 Å². The van der Waals surface area contributed by atoms with Gasteiger partial charge in [0.2, 0.25) is 0 Å². The van der Waals surface area contributed by atoms with Crippen molar-refractivity contribution < 1.29 is 9.13 Å². The molecule has 0 aliphatic rings. The number of benzene rings is 3. The highest BCUT2D eigenvalue weighted by Crippen LogP contribution is 2.29. The molecule has 2 nitrogen and oxygen atoms in total. The third kappa shape index (κ3) is 4.97. The average molecular weight is 443 g/mol. The molecule has 0 amide bonds. The normalized spacial score (nSPS) is 11.1. The molecule has 3 aromatic carbocycles. The summed E-state index contributed by atoms with van der Waals surface area (Å²) in [6.07, 6.45) is 1.68. The van der Waals surface area contributed by atoms with E-state index in [-0.39, 0.29) is 0 Å². The van der Waals surface area contributed by atoms with E-state index in [0.717, 1.165) is 10.0 Å². The van der Waals surface area contributed by atoms with Crippen molar-refractivity contribution in [2.24, 2.45) is 0 Å². The van der Waals surface area contributed by atoms with Crippen LogP contribution in [-0.4, -0.2) is 0 Å². The maximum absolute atomic E-state index is 13.5. The first-order valence-electron chi connectivity index (χ1n) is 8.10. The summed E-state index contributed by atoms with van der Waals surface area (Å²) in [6, 6.07) is 21.0. The summed E-state index contributed by atoms with van der Waals surface area (Å²) < 4.78 is 20.3. The molecule has 0 spiro atoms. The first kappa shape index (κ1) is 19.2. The van der Waals surface area contributed by atoms with Crippen LogP contribution in [0.25, 0.3) is 11.6 Å². The van der Waals surface area contributed by atoms with Crippen molar-refractivity contribution in [3.05, 3.63) is 98.7 Å². The van der Waals surface area contributed by atoms with E-state index in [9.17, 15) is 9.65 Å². The summed E-state index contributed by atoms with van der Waals surface area (Å²) >= 11 is 9.61. The fourth-order valence-electron chi connectivity index (χ4n) is 2.53. The van der Waals surface area contributed by atoms with Gasteiger partial charge >= 0.3 is 0 Å². The zero-order valence-corrected chi connectivity index (χ0v) is 16.5. The van der Waals surface area contributed by atoms with Gasteiger partial charge in [-0.2, -0.15) is 5.26 Å². The van der Waals surface area contributed by atoms with Crippen molar-refractivity contribution in [1.29, 1.82) is 5.26 Å². The molecule has 0 N–H and O–H groups in total. The molecule has 0 bridgehead atoms. The van der Waals surface area contributed by atoms with Crippen LogP contribution in [0, 0.1) is 17.1 Å². The lowest BCUT2D eigenvalue weighted by Crippen LogP contribution is -1.98. The summed E-state index contributed by atoms with van der Waals surface area (Å²) in [4.78, 5) is 0. The molecule has 0 saturated heterocycles. The monoisotopic (exact) mass is 441 g/mol. The maximum Gasteiger partial charge on any atom is 0.127 e. The van der Waals surface area contributed by atoms with E-state index in [0.29, 0.717) is 34.1 Å². The van der Waals surface area contributed by atoms with Gasteiger partial charge in [0.25, 0.3) is 0 Å². The SMILES string of the molecule is N#C/C(=C/c1cc(Br)ccc1OCc1ccccc1Cl)c1cccc(F)c1. The Morgan fingerprint density at radius 3 is 2.67 bits per heavy atom. The van der Waals surface area contributed by atoms with Crippen molar-refractivity contribution >= 4 is 39.2 Å². The third-order valence-electron chi connectivity index (χ3n) is 3.87. The molecule has 0 saturated carbocycles. The molecule has 5 heteroatoms. The van der Waals surface area contributed by atoms with Crippen LogP contribution < -0.4 is 4.74 Å². The molecule has 0 heterocycles. The largest absolute Gasteiger partial charge is 0.488 e. The van der Waals surface area contributed by atoms with E-state index in [1.165, 1.54) is 12.1 Å². The Morgan fingerprint density at radius 1 is 1.11 bits per heavy atom. The smallest absolute Gasteiger partial charge is 0.127 e. The number of ether oxygens (including phenoxy) is 1. The van der Waals surface area contributed by atoms with Crippen LogP contribution in [-0.2, 0) is 6.61 Å². The Morgan fingerprint density at radius 2 is 1.93 bits per heavy atom. The molecule has 0 aromatic heterocycles. The van der Waals surface area contributed by atoms with E-state index >= 15 is 0 Å². The van der Waals surface area contributed by atoms with Crippen molar-refractivity contribution in [1.82, 2.24) is 0 Å². The predicted molar refractivity (Wildman–Crippen MR) is 110 cm³/mol. The minimum Gasteiger partial charge on any atom is -0.488 e. The summed E-state index contributed by atoms with van der Waals surface area (Å²) in [6.45, 7) is 0.296. The zero-order chi connectivity index (χ0) is 19.2. The molecule has 0 unspecified atom stereocenters. The van der Waals surface area contributed by atoms with Crippen LogP contribution in [0.5, 0.6) is 5.75 Å². The molecule has 0 atom stereocenters. The average Bonchev–Trinajstić information content (AvgIpc) is 2.66. The van der Waals surface area contributed by atoms with Gasteiger partial charge in [0, 0.05) is 20.6 Å². The molecular formula is C22H14BrClFNO. The molecule has 0 aliphatic carbocycles. The minimum atomic E-state index is -0.391. The molecule has 134 valence electrons. The highest BCUT2D eigenvalue weighted by Gasteiger charge is 2.08. The van der Waals surface area contributed by atoms with Gasteiger partial charge < -0.3 is 4.74 Å². The lowest BCUT2D eigenvalue weighted by molar-refractivity contribution is 0.305. The predicted octanol–water partition coefficient (Wildman–Crippen LogP) is 6.88. The first-order valence-corrected chi connectivity index (χ1v) is 9.27. The Labute approximate surface area is 170 Å². The number of hydrogen-bond acceptors (Lipinski definition) is 2. The molecule has 3 aromatic rings. The summed E-state index contributed by atoms with van der Waals surface area (Å²) in [5.41, 5.74) is 2.42. The Balaban J connectivity index is 1.94. The minimum absolute atomic E-state index is 0.296. The fraction of sp³-hybridized carbons (Fsp3) is 0.0455. The Hall–Kier alpha value is -2.61. The lowest BCUT2D eigenvalue weighted by Gasteiger charge is -2.11.